The first-order chi connectivity index (χ1) is 6.13. The molecule has 0 saturated heterocycles. The summed E-state index contributed by atoms with van der Waals surface area (Å²) >= 11 is 0. The molecule has 4 heteroatoms. The van der Waals surface area contributed by atoms with Gasteiger partial charge in [0.15, 0.2) is 11.7 Å². The largest absolute Gasteiger partial charge is 0.446 e. The van der Waals surface area contributed by atoms with Crippen molar-refractivity contribution in [2.24, 2.45) is 0 Å². The Balaban J connectivity index is 2.68. The summed E-state index contributed by atoms with van der Waals surface area (Å²) in [6.45, 7) is 5.54. The van der Waals surface area contributed by atoms with Crippen molar-refractivity contribution < 1.29 is 9.21 Å². The lowest BCUT2D eigenvalue weighted by Crippen LogP contribution is -2.06. The second kappa shape index (κ2) is 4.07. The number of carbonyl (C=O) groups is 1. The van der Waals surface area contributed by atoms with Crippen molar-refractivity contribution in [2.75, 3.05) is 5.32 Å². The fourth-order valence-corrected chi connectivity index (χ4v) is 0.926. The molecular formula is C9H14N2O2. The predicted octanol–water partition coefficient (Wildman–Crippen LogP) is 2.15. The Kier molecular flexibility index (Phi) is 3.06. The van der Waals surface area contributed by atoms with Crippen molar-refractivity contribution in [2.45, 2.75) is 33.1 Å². The van der Waals surface area contributed by atoms with Gasteiger partial charge < -0.3 is 9.73 Å². The molecule has 72 valence electrons. The van der Waals surface area contributed by atoms with Gasteiger partial charge in [0.1, 0.15) is 6.26 Å². The predicted molar refractivity (Wildman–Crippen MR) is 49.5 cm³/mol. The maximum absolute atomic E-state index is 10.7. The number of anilines is 1. The molecule has 0 aliphatic rings. The van der Waals surface area contributed by atoms with E-state index in [9.17, 15) is 4.79 Å². The molecule has 1 aromatic heterocycles. The number of amides is 1. The first kappa shape index (κ1) is 9.77. The molecule has 1 unspecified atom stereocenters. The molecule has 0 fully saturated rings. The SMILES string of the molecule is CCC(C)c1nc(NC(C)=O)co1. The van der Waals surface area contributed by atoms with Crippen LogP contribution in [0.4, 0.5) is 5.82 Å². The first-order valence-electron chi connectivity index (χ1n) is 4.36. The molecule has 0 aliphatic carbocycles. The van der Waals surface area contributed by atoms with Gasteiger partial charge in [0.05, 0.1) is 0 Å². The van der Waals surface area contributed by atoms with E-state index in [0.717, 1.165) is 6.42 Å². The molecule has 1 heterocycles. The highest BCUT2D eigenvalue weighted by Crippen LogP contribution is 2.19. The number of rotatable bonds is 3. The molecule has 1 rings (SSSR count). The lowest BCUT2D eigenvalue weighted by atomic mass is 10.1. The van der Waals surface area contributed by atoms with Gasteiger partial charge in [-0.2, -0.15) is 4.98 Å². The summed E-state index contributed by atoms with van der Waals surface area (Å²) in [4.78, 5) is 14.8. The molecule has 1 N–H and O–H groups in total. The third-order valence-electron chi connectivity index (χ3n) is 1.86. The van der Waals surface area contributed by atoms with Crippen LogP contribution in [-0.2, 0) is 4.79 Å². The Hall–Kier alpha value is -1.32. The van der Waals surface area contributed by atoms with E-state index in [1.807, 2.05) is 6.92 Å². The molecule has 4 nitrogen and oxygen atoms in total. The van der Waals surface area contributed by atoms with E-state index in [4.69, 9.17) is 4.42 Å². The van der Waals surface area contributed by atoms with Gasteiger partial charge in [-0.25, -0.2) is 0 Å². The topological polar surface area (TPSA) is 55.1 Å². The van der Waals surface area contributed by atoms with E-state index in [0.29, 0.717) is 17.6 Å². The van der Waals surface area contributed by atoms with Gasteiger partial charge in [-0.1, -0.05) is 13.8 Å². The van der Waals surface area contributed by atoms with Gasteiger partial charge in [0, 0.05) is 12.8 Å². The Morgan fingerprint density at radius 2 is 2.46 bits per heavy atom. The third-order valence-corrected chi connectivity index (χ3v) is 1.86. The minimum atomic E-state index is -0.135. The van der Waals surface area contributed by atoms with Crippen molar-refractivity contribution in [1.82, 2.24) is 4.98 Å². The van der Waals surface area contributed by atoms with Gasteiger partial charge in [-0.15, -0.1) is 0 Å². The van der Waals surface area contributed by atoms with Gasteiger partial charge in [0.25, 0.3) is 0 Å². The van der Waals surface area contributed by atoms with Gasteiger partial charge in [0.2, 0.25) is 5.91 Å². The molecule has 0 aromatic carbocycles. The second-order valence-electron chi connectivity index (χ2n) is 3.06. The fraction of sp³-hybridized carbons (Fsp3) is 0.556. The lowest BCUT2D eigenvalue weighted by molar-refractivity contribution is -0.114. The summed E-state index contributed by atoms with van der Waals surface area (Å²) in [5.41, 5.74) is 0. The van der Waals surface area contributed by atoms with Crippen molar-refractivity contribution in [3.63, 3.8) is 0 Å². The molecule has 0 radical (unpaired) electrons. The van der Waals surface area contributed by atoms with E-state index < -0.39 is 0 Å². The summed E-state index contributed by atoms with van der Waals surface area (Å²) in [6.07, 6.45) is 2.43. The average Bonchev–Trinajstić information content (AvgIpc) is 2.50. The fourth-order valence-electron chi connectivity index (χ4n) is 0.926. The van der Waals surface area contributed by atoms with Crippen LogP contribution in [0.25, 0.3) is 0 Å². The number of hydrogen-bond donors (Lipinski definition) is 1. The highest BCUT2D eigenvalue weighted by Gasteiger charge is 2.10. The van der Waals surface area contributed by atoms with Crippen LogP contribution < -0.4 is 5.32 Å². The van der Waals surface area contributed by atoms with E-state index in [1.165, 1.54) is 13.2 Å². The number of nitrogens with one attached hydrogen (secondary N) is 1. The van der Waals surface area contributed by atoms with E-state index in [2.05, 4.69) is 17.2 Å². The molecular weight excluding hydrogens is 168 g/mol. The normalized spacial score (nSPS) is 12.5. The molecule has 0 aliphatic heterocycles. The van der Waals surface area contributed by atoms with E-state index in [-0.39, 0.29) is 5.91 Å². The van der Waals surface area contributed by atoms with Crippen LogP contribution in [0.2, 0.25) is 0 Å². The van der Waals surface area contributed by atoms with Gasteiger partial charge in [-0.05, 0) is 6.42 Å². The van der Waals surface area contributed by atoms with Gasteiger partial charge in [-0.3, -0.25) is 4.79 Å². The van der Waals surface area contributed by atoms with Gasteiger partial charge >= 0.3 is 0 Å². The highest BCUT2D eigenvalue weighted by atomic mass is 16.3. The molecule has 1 amide bonds. The molecule has 13 heavy (non-hydrogen) atoms. The van der Waals surface area contributed by atoms with Crippen LogP contribution in [0.1, 0.15) is 39.0 Å². The Bertz CT molecular complexity index is 294. The molecule has 1 aromatic rings. The maximum Gasteiger partial charge on any atom is 0.222 e. The summed E-state index contributed by atoms with van der Waals surface area (Å²) in [5, 5.41) is 2.56. The zero-order valence-electron chi connectivity index (χ0n) is 8.13. The quantitative estimate of drug-likeness (QED) is 0.779. The van der Waals surface area contributed by atoms with Crippen molar-refractivity contribution >= 4 is 11.7 Å². The average molecular weight is 182 g/mol. The zero-order valence-corrected chi connectivity index (χ0v) is 8.13. The number of oxazole rings is 1. The summed E-state index contributed by atoms with van der Waals surface area (Å²) < 4.78 is 5.19. The highest BCUT2D eigenvalue weighted by molar-refractivity contribution is 5.87. The first-order valence-corrected chi connectivity index (χ1v) is 4.36. The molecule has 1 atom stereocenters. The van der Waals surface area contributed by atoms with Crippen LogP contribution in [0.5, 0.6) is 0 Å². The zero-order chi connectivity index (χ0) is 9.84. The van der Waals surface area contributed by atoms with E-state index in [1.54, 1.807) is 0 Å². The number of carbonyl (C=O) groups excluding carboxylic acids is 1. The maximum atomic E-state index is 10.7. The number of aromatic nitrogens is 1. The van der Waals surface area contributed by atoms with Crippen LogP contribution in [0.15, 0.2) is 10.7 Å². The monoisotopic (exact) mass is 182 g/mol. The number of nitrogens with zero attached hydrogens (tertiary/aromatic N) is 1. The van der Waals surface area contributed by atoms with Crippen LogP contribution in [-0.4, -0.2) is 10.9 Å². The Morgan fingerprint density at radius 1 is 1.77 bits per heavy atom. The van der Waals surface area contributed by atoms with Crippen molar-refractivity contribution in [3.05, 3.63) is 12.2 Å². The molecule has 0 bridgehead atoms. The Morgan fingerprint density at radius 3 is 3.00 bits per heavy atom. The summed E-state index contributed by atoms with van der Waals surface area (Å²) in [6, 6.07) is 0. The molecule has 0 saturated carbocycles. The minimum absolute atomic E-state index is 0.135. The van der Waals surface area contributed by atoms with Crippen molar-refractivity contribution in [1.29, 1.82) is 0 Å². The third kappa shape index (κ3) is 2.57. The summed E-state index contributed by atoms with van der Waals surface area (Å²) in [5.74, 6) is 1.32. The smallest absolute Gasteiger partial charge is 0.222 e. The summed E-state index contributed by atoms with van der Waals surface area (Å²) in [7, 11) is 0. The molecule has 0 spiro atoms. The Labute approximate surface area is 77.3 Å². The lowest BCUT2D eigenvalue weighted by Gasteiger charge is -2.00. The van der Waals surface area contributed by atoms with Crippen molar-refractivity contribution in [3.8, 4) is 0 Å². The second-order valence-corrected chi connectivity index (χ2v) is 3.06. The van der Waals surface area contributed by atoms with E-state index >= 15 is 0 Å². The van der Waals surface area contributed by atoms with Crippen LogP contribution in [0, 0.1) is 0 Å². The minimum Gasteiger partial charge on any atom is -0.446 e. The standard InChI is InChI=1S/C9H14N2O2/c1-4-6(2)9-11-8(5-13-9)10-7(3)12/h5-6H,4H2,1-3H3,(H,10,12). The van der Waals surface area contributed by atoms with Crippen LogP contribution in [0.3, 0.4) is 0 Å². The number of hydrogen-bond acceptors (Lipinski definition) is 3. The van der Waals surface area contributed by atoms with Crippen LogP contribution >= 0.6 is 0 Å².